The Kier molecular flexibility index (Phi) is 5.45. The van der Waals surface area contributed by atoms with Crippen molar-refractivity contribution >= 4 is 28.4 Å². The number of aromatic nitrogens is 2. The fraction of sp³-hybridized carbons (Fsp3) is 0.0714. The van der Waals surface area contributed by atoms with E-state index in [1.165, 1.54) is 0 Å². The van der Waals surface area contributed by atoms with Crippen LogP contribution in [-0.4, -0.2) is 14.9 Å². The quantitative estimate of drug-likeness (QED) is 0.305. The Morgan fingerprint density at radius 3 is 2.24 bits per heavy atom. The molecule has 1 N–H and O–H groups in total. The van der Waals surface area contributed by atoms with E-state index < -0.39 is 0 Å². The highest BCUT2D eigenvalue weighted by molar-refractivity contribution is 6.31. The summed E-state index contributed by atoms with van der Waals surface area (Å²) in [5.41, 5.74) is 6.90. The molecular formula is C28H22ClN3O. The molecule has 4 aromatic carbocycles. The highest BCUT2D eigenvalue weighted by Crippen LogP contribution is 2.25. The fourth-order valence-electron chi connectivity index (χ4n) is 4.17. The van der Waals surface area contributed by atoms with E-state index in [1.54, 1.807) is 6.92 Å². The van der Waals surface area contributed by atoms with Gasteiger partial charge in [0.2, 0.25) is 5.62 Å². The molecule has 5 heteroatoms. The van der Waals surface area contributed by atoms with Gasteiger partial charge < -0.3 is 4.57 Å². The third-order valence-corrected chi connectivity index (χ3v) is 6.26. The van der Waals surface area contributed by atoms with Gasteiger partial charge in [0.15, 0.2) is 5.78 Å². The predicted molar refractivity (Wildman–Crippen MR) is 133 cm³/mol. The summed E-state index contributed by atoms with van der Waals surface area (Å²) in [5, 5.41) is 9.66. The average Bonchev–Trinajstić information content (AvgIpc) is 3.12. The Labute approximate surface area is 196 Å². The number of halogens is 1. The summed E-state index contributed by atoms with van der Waals surface area (Å²) < 4.78 is 3.92. The number of Topliss-reactive ketones (excluding diaryl/α,β-unsaturated/α-hetero) is 1. The van der Waals surface area contributed by atoms with Gasteiger partial charge in [0.1, 0.15) is 0 Å². The van der Waals surface area contributed by atoms with E-state index in [9.17, 15) is 4.79 Å². The monoisotopic (exact) mass is 451 g/mol. The zero-order valence-electron chi connectivity index (χ0n) is 18.1. The van der Waals surface area contributed by atoms with Gasteiger partial charge in [-0.1, -0.05) is 72.3 Å². The van der Waals surface area contributed by atoms with Crippen LogP contribution < -0.4 is 5.62 Å². The minimum Gasteiger partial charge on any atom is -0.306 e. The van der Waals surface area contributed by atoms with Crippen molar-refractivity contribution in [3.05, 3.63) is 119 Å². The normalized spacial score (nSPS) is 11.1. The summed E-state index contributed by atoms with van der Waals surface area (Å²) in [5.74, 6) is 0.0502. The van der Waals surface area contributed by atoms with E-state index in [4.69, 9.17) is 17.0 Å². The molecule has 0 atom stereocenters. The first-order chi connectivity index (χ1) is 16.0. The van der Waals surface area contributed by atoms with Gasteiger partial charge >= 0.3 is 0 Å². The number of hydrogen-bond acceptors (Lipinski definition) is 2. The third kappa shape index (κ3) is 3.90. The highest BCUT2D eigenvalue weighted by Gasteiger charge is 2.14. The molecular weight excluding hydrogens is 430 g/mol. The number of fused-ring (bicyclic) bond motifs is 1. The maximum atomic E-state index is 11.7. The number of nitrogens with zero attached hydrogens (tertiary/aromatic N) is 2. The molecule has 5 rings (SSSR count). The molecule has 0 saturated heterocycles. The Morgan fingerprint density at radius 2 is 1.52 bits per heavy atom. The zero-order chi connectivity index (χ0) is 22.9. The van der Waals surface area contributed by atoms with Crippen LogP contribution in [0.2, 0.25) is 5.02 Å². The molecule has 162 valence electrons. The van der Waals surface area contributed by atoms with Crippen LogP contribution in [0.25, 0.3) is 27.8 Å². The minimum absolute atomic E-state index is 0.0502. The second kappa shape index (κ2) is 8.57. The molecule has 0 radical (unpaired) electrons. The van der Waals surface area contributed by atoms with Crippen molar-refractivity contribution in [2.45, 2.75) is 13.5 Å². The van der Waals surface area contributed by atoms with Crippen molar-refractivity contribution < 1.29 is 4.79 Å². The first kappa shape index (κ1) is 21.0. The predicted octanol–water partition coefficient (Wildman–Crippen LogP) is 6.48. The summed E-state index contributed by atoms with van der Waals surface area (Å²) in [7, 11) is 0. The first-order valence-corrected chi connectivity index (χ1v) is 11.1. The van der Waals surface area contributed by atoms with Crippen molar-refractivity contribution in [1.29, 1.82) is 5.41 Å². The molecule has 0 bridgehead atoms. The second-order valence-electron chi connectivity index (χ2n) is 8.01. The first-order valence-electron chi connectivity index (χ1n) is 10.7. The van der Waals surface area contributed by atoms with Crippen LogP contribution in [-0.2, 0) is 6.54 Å². The van der Waals surface area contributed by atoms with E-state index in [-0.39, 0.29) is 5.78 Å². The van der Waals surface area contributed by atoms with Crippen LogP contribution in [0.3, 0.4) is 0 Å². The van der Waals surface area contributed by atoms with Crippen LogP contribution >= 0.6 is 11.6 Å². The molecule has 5 aromatic rings. The molecule has 4 nitrogen and oxygen atoms in total. The molecule has 1 heterocycles. The summed E-state index contributed by atoms with van der Waals surface area (Å²) in [6.07, 6.45) is 0. The van der Waals surface area contributed by atoms with Crippen LogP contribution in [0.5, 0.6) is 0 Å². The highest BCUT2D eigenvalue weighted by atomic mass is 35.5. The van der Waals surface area contributed by atoms with Gasteiger partial charge in [-0.3, -0.25) is 14.8 Å². The second-order valence-corrected chi connectivity index (χ2v) is 8.42. The number of rotatable bonds is 5. The lowest BCUT2D eigenvalue weighted by Crippen LogP contribution is -2.24. The number of carbonyl (C=O) groups excluding carboxylic acids is 1. The molecule has 33 heavy (non-hydrogen) atoms. The van der Waals surface area contributed by atoms with Gasteiger partial charge in [0, 0.05) is 16.3 Å². The van der Waals surface area contributed by atoms with E-state index >= 15 is 0 Å². The lowest BCUT2D eigenvalue weighted by atomic mass is 10.0. The molecule has 1 aromatic heterocycles. The van der Waals surface area contributed by atoms with E-state index in [0.717, 1.165) is 33.4 Å². The molecule has 0 unspecified atom stereocenters. The van der Waals surface area contributed by atoms with E-state index in [2.05, 4.69) is 0 Å². The van der Waals surface area contributed by atoms with Gasteiger partial charge in [-0.15, -0.1) is 0 Å². The molecule has 0 aliphatic carbocycles. The van der Waals surface area contributed by atoms with E-state index in [1.807, 2.05) is 106 Å². The number of carbonyl (C=O) groups is 1. The average molecular weight is 452 g/mol. The Bertz CT molecular complexity index is 1540. The molecule has 0 aliphatic rings. The standard InChI is InChI=1S/C28H22ClN3O/c1-19(33)21-8-6-9-22(17-21)20-13-15-24(16-14-20)32-27-12-5-4-11-26(27)31(28(32)30)18-23-7-2-3-10-25(23)29/h2-17,30H,18H2,1H3. The number of nitrogens with one attached hydrogen (secondary N) is 1. The molecule has 0 saturated carbocycles. The van der Waals surface area contributed by atoms with Crippen molar-refractivity contribution in [2.75, 3.05) is 0 Å². The van der Waals surface area contributed by atoms with Gasteiger partial charge in [-0.2, -0.15) is 0 Å². The number of para-hydroxylation sites is 2. The summed E-state index contributed by atoms with van der Waals surface area (Å²) >= 11 is 6.41. The summed E-state index contributed by atoms with van der Waals surface area (Å²) in [6, 6.07) is 31.5. The fourth-order valence-corrected chi connectivity index (χ4v) is 4.36. The smallest absolute Gasteiger partial charge is 0.208 e. The molecule has 0 amide bonds. The van der Waals surface area contributed by atoms with Crippen molar-refractivity contribution in [3.8, 4) is 16.8 Å². The van der Waals surface area contributed by atoms with Crippen molar-refractivity contribution in [1.82, 2.24) is 9.13 Å². The van der Waals surface area contributed by atoms with Gasteiger partial charge in [0.05, 0.1) is 17.6 Å². The van der Waals surface area contributed by atoms with E-state index in [0.29, 0.717) is 22.7 Å². The maximum Gasteiger partial charge on any atom is 0.208 e. The van der Waals surface area contributed by atoms with Gasteiger partial charge in [0.25, 0.3) is 0 Å². The lowest BCUT2D eigenvalue weighted by Gasteiger charge is -2.08. The maximum absolute atomic E-state index is 11.7. The van der Waals surface area contributed by atoms with Crippen LogP contribution in [0.4, 0.5) is 0 Å². The van der Waals surface area contributed by atoms with Crippen LogP contribution in [0, 0.1) is 5.41 Å². The van der Waals surface area contributed by atoms with Crippen LogP contribution in [0.15, 0.2) is 97.1 Å². The largest absolute Gasteiger partial charge is 0.306 e. The Morgan fingerprint density at radius 1 is 0.818 bits per heavy atom. The number of hydrogen-bond donors (Lipinski definition) is 1. The third-order valence-electron chi connectivity index (χ3n) is 5.90. The number of benzene rings is 4. The Balaban J connectivity index is 1.59. The Hall–Kier alpha value is -3.89. The summed E-state index contributed by atoms with van der Waals surface area (Å²) in [6.45, 7) is 2.09. The summed E-state index contributed by atoms with van der Waals surface area (Å²) in [4.78, 5) is 11.7. The van der Waals surface area contributed by atoms with Gasteiger partial charge in [-0.25, -0.2) is 0 Å². The number of imidazole rings is 1. The molecule has 0 spiro atoms. The molecule has 0 fully saturated rings. The topological polar surface area (TPSA) is 50.8 Å². The number of ketones is 1. The van der Waals surface area contributed by atoms with Gasteiger partial charge in [-0.05, 0) is 60.0 Å². The van der Waals surface area contributed by atoms with Crippen molar-refractivity contribution in [3.63, 3.8) is 0 Å². The zero-order valence-corrected chi connectivity index (χ0v) is 18.9. The van der Waals surface area contributed by atoms with Crippen LogP contribution in [0.1, 0.15) is 22.8 Å². The SMILES string of the molecule is CC(=O)c1cccc(-c2ccc(-n3c(=N)n(Cc4ccccc4Cl)c4ccccc43)cc2)c1. The lowest BCUT2D eigenvalue weighted by molar-refractivity contribution is 0.101. The molecule has 0 aliphatic heterocycles. The van der Waals surface area contributed by atoms with Crippen molar-refractivity contribution in [2.24, 2.45) is 0 Å². The minimum atomic E-state index is 0.0502.